The Labute approximate surface area is 85.3 Å². The molecule has 0 amide bonds. The van der Waals surface area contributed by atoms with Gasteiger partial charge in [0.1, 0.15) is 0 Å². The zero-order chi connectivity index (χ0) is 10.8. The van der Waals surface area contributed by atoms with Gasteiger partial charge < -0.3 is 5.32 Å². The van der Waals surface area contributed by atoms with Gasteiger partial charge in [0.2, 0.25) is 0 Å². The molecule has 0 aromatic heterocycles. The molecule has 0 aliphatic carbocycles. The maximum Gasteiger partial charge on any atom is 0.304 e. The second kappa shape index (κ2) is 4.14. The quantitative estimate of drug-likeness (QED) is 0.734. The molecular formula is C9H18FNO2S. The second-order valence-electron chi connectivity index (χ2n) is 4.59. The SMILES string of the molecule is CC(C)CC1(CS(=O)(=O)F)CCCN1. The lowest BCUT2D eigenvalue weighted by Gasteiger charge is -2.29. The molecule has 0 spiro atoms. The van der Waals surface area contributed by atoms with Crippen LogP contribution in [0.3, 0.4) is 0 Å². The van der Waals surface area contributed by atoms with E-state index < -0.39 is 15.8 Å². The van der Waals surface area contributed by atoms with E-state index in [0.717, 1.165) is 25.8 Å². The molecule has 1 aliphatic heterocycles. The van der Waals surface area contributed by atoms with Crippen molar-refractivity contribution in [3.8, 4) is 0 Å². The van der Waals surface area contributed by atoms with E-state index in [1.807, 2.05) is 13.8 Å². The van der Waals surface area contributed by atoms with Crippen LogP contribution in [0.25, 0.3) is 0 Å². The molecule has 1 rings (SSSR count). The summed E-state index contributed by atoms with van der Waals surface area (Å²) in [5.41, 5.74) is -0.512. The van der Waals surface area contributed by atoms with Crippen molar-refractivity contribution in [2.24, 2.45) is 5.92 Å². The van der Waals surface area contributed by atoms with Gasteiger partial charge in [0.25, 0.3) is 0 Å². The van der Waals surface area contributed by atoms with Gasteiger partial charge in [-0.3, -0.25) is 0 Å². The summed E-state index contributed by atoms with van der Waals surface area (Å²) in [5.74, 6) is 0.000370. The first-order chi connectivity index (χ1) is 6.33. The molecule has 0 aromatic carbocycles. The van der Waals surface area contributed by atoms with Crippen LogP contribution in [0.15, 0.2) is 0 Å². The third kappa shape index (κ3) is 3.53. The van der Waals surface area contributed by atoms with Crippen molar-refractivity contribution in [2.45, 2.75) is 38.6 Å². The van der Waals surface area contributed by atoms with Crippen LogP contribution in [0.1, 0.15) is 33.1 Å². The molecule has 0 bridgehead atoms. The highest BCUT2D eigenvalue weighted by Crippen LogP contribution is 2.28. The van der Waals surface area contributed by atoms with Gasteiger partial charge in [0.15, 0.2) is 0 Å². The summed E-state index contributed by atoms with van der Waals surface area (Å²) in [5, 5.41) is 3.14. The smallest absolute Gasteiger partial charge is 0.304 e. The van der Waals surface area contributed by atoms with Crippen LogP contribution in [-0.2, 0) is 10.2 Å². The molecule has 14 heavy (non-hydrogen) atoms. The minimum absolute atomic E-state index is 0.377. The van der Waals surface area contributed by atoms with E-state index in [1.165, 1.54) is 0 Å². The first kappa shape index (κ1) is 11.9. The Bertz CT molecular complexity index is 281. The number of hydrogen-bond acceptors (Lipinski definition) is 3. The van der Waals surface area contributed by atoms with Crippen LogP contribution < -0.4 is 5.32 Å². The molecule has 1 unspecified atom stereocenters. The molecule has 84 valence electrons. The average molecular weight is 223 g/mol. The zero-order valence-electron chi connectivity index (χ0n) is 8.72. The van der Waals surface area contributed by atoms with E-state index in [1.54, 1.807) is 0 Å². The Hall–Kier alpha value is -0.160. The summed E-state index contributed by atoms with van der Waals surface area (Å²) in [4.78, 5) is 0. The molecule has 0 saturated carbocycles. The summed E-state index contributed by atoms with van der Waals surface area (Å²) in [6.07, 6.45) is 2.41. The Kier molecular flexibility index (Phi) is 3.53. The normalized spacial score (nSPS) is 28.6. The lowest BCUT2D eigenvalue weighted by atomic mass is 9.89. The molecule has 1 aliphatic rings. The Balaban J connectivity index is 2.72. The number of nitrogens with one attached hydrogen (secondary N) is 1. The standard InChI is InChI=1S/C9H18FNO2S/c1-8(2)6-9(4-3-5-11-9)7-14(10,12)13/h8,11H,3-7H2,1-2H3. The monoisotopic (exact) mass is 223 g/mol. The van der Waals surface area contributed by atoms with Gasteiger partial charge in [0, 0.05) is 5.54 Å². The van der Waals surface area contributed by atoms with E-state index in [-0.39, 0.29) is 5.75 Å². The summed E-state index contributed by atoms with van der Waals surface area (Å²) in [6, 6.07) is 0. The molecular weight excluding hydrogens is 205 g/mol. The van der Waals surface area contributed by atoms with Crippen molar-refractivity contribution >= 4 is 10.2 Å². The van der Waals surface area contributed by atoms with Crippen molar-refractivity contribution < 1.29 is 12.3 Å². The molecule has 0 radical (unpaired) electrons. The maximum atomic E-state index is 12.7. The van der Waals surface area contributed by atoms with Crippen molar-refractivity contribution in [1.82, 2.24) is 5.32 Å². The highest BCUT2D eigenvalue weighted by molar-refractivity contribution is 7.86. The lowest BCUT2D eigenvalue weighted by molar-refractivity contribution is 0.331. The van der Waals surface area contributed by atoms with E-state index in [4.69, 9.17) is 0 Å². The average Bonchev–Trinajstić information content (AvgIpc) is 2.30. The fourth-order valence-electron chi connectivity index (χ4n) is 2.34. The Morgan fingerprint density at radius 3 is 2.50 bits per heavy atom. The lowest BCUT2D eigenvalue weighted by Crippen LogP contribution is -2.46. The minimum Gasteiger partial charge on any atom is -0.310 e. The molecule has 5 heteroatoms. The van der Waals surface area contributed by atoms with Crippen molar-refractivity contribution in [3.63, 3.8) is 0 Å². The number of halogens is 1. The third-order valence-corrected chi connectivity index (χ3v) is 3.48. The summed E-state index contributed by atoms with van der Waals surface area (Å²) < 4.78 is 34.0. The van der Waals surface area contributed by atoms with E-state index in [2.05, 4.69) is 5.32 Å². The van der Waals surface area contributed by atoms with Crippen LogP contribution in [0.2, 0.25) is 0 Å². The summed E-state index contributed by atoms with van der Waals surface area (Å²) in [6.45, 7) is 4.83. The van der Waals surface area contributed by atoms with Crippen LogP contribution in [0.4, 0.5) is 3.89 Å². The van der Waals surface area contributed by atoms with Gasteiger partial charge in [-0.2, -0.15) is 8.42 Å². The topological polar surface area (TPSA) is 46.2 Å². The molecule has 1 saturated heterocycles. The van der Waals surface area contributed by atoms with Crippen LogP contribution in [-0.4, -0.2) is 26.3 Å². The maximum absolute atomic E-state index is 12.7. The van der Waals surface area contributed by atoms with Crippen LogP contribution in [0, 0.1) is 5.92 Å². The van der Waals surface area contributed by atoms with Gasteiger partial charge in [-0.15, -0.1) is 3.89 Å². The number of rotatable bonds is 4. The summed E-state index contributed by atoms with van der Waals surface area (Å²) in [7, 11) is -4.37. The molecule has 1 fully saturated rings. The first-order valence-electron chi connectivity index (χ1n) is 5.00. The van der Waals surface area contributed by atoms with Crippen molar-refractivity contribution in [3.05, 3.63) is 0 Å². The highest BCUT2D eigenvalue weighted by Gasteiger charge is 2.38. The van der Waals surface area contributed by atoms with E-state index in [9.17, 15) is 12.3 Å². The highest BCUT2D eigenvalue weighted by atomic mass is 32.3. The molecule has 1 atom stereocenters. The van der Waals surface area contributed by atoms with E-state index >= 15 is 0 Å². The van der Waals surface area contributed by atoms with E-state index in [0.29, 0.717) is 5.92 Å². The van der Waals surface area contributed by atoms with Gasteiger partial charge in [0.05, 0.1) is 5.75 Å². The predicted molar refractivity (Wildman–Crippen MR) is 54.3 cm³/mol. The molecule has 1 N–H and O–H groups in total. The molecule has 0 aromatic rings. The predicted octanol–water partition coefficient (Wildman–Crippen LogP) is 1.45. The Morgan fingerprint density at radius 1 is 1.50 bits per heavy atom. The third-order valence-electron chi connectivity index (χ3n) is 2.58. The van der Waals surface area contributed by atoms with Gasteiger partial charge >= 0.3 is 10.2 Å². The van der Waals surface area contributed by atoms with Crippen molar-refractivity contribution in [2.75, 3.05) is 12.3 Å². The molecule has 1 heterocycles. The van der Waals surface area contributed by atoms with Crippen LogP contribution in [0.5, 0.6) is 0 Å². The van der Waals surface area contributed by atoms with Crippen LogP contribution >= 0.6 is 0 Å². The van der Waals surface area contributed by atoms with Gasteiger partial charge in [-0.1, -0.05) is 13.8 Å². The van der Waals surface area contributed by atoms with Crippen molar-refractivity contribution in [1.29, 1.82) is 0 Å². The summed E-state index contributed by atoms with van der Waals surface area (Å²) >= 11 is 0. The minimum atomic E-state index is -4.37. The fraction of sp³-hybridized carbons (Fsp3) is 1.00. The number of hydrogen-bond donors (Lipinski definition) is 1. The van der Waals surface area contributed by atoms with Gasteiger partial charge in [-0.25, -0.2) is 0 Å². The Morgan fingerprint density at radius 2 is 2.14 bits per heavy atom. The molecule has 3 nitrogen and oxygen atoms in total. The zero-order valence-corrected chi connectivity index (χ0v) is 9.53. The van der Waals surface area contributed by atoms with Gasteiger partial charge in [-0.05, 0) is 31.7 Å². The fourth-order valence-corrected chi connectivity index (χ4v) is 3.36. The second-order valence-corrected chi connectivity index (χ2v) is 5.96. The largest absolute Gasteiger partial charge is 0.310 e. The first-order valence-corrected chi connectivity index (χ1v) is 6.56.